The zero-order chi connectivity index (χ0) is 13.1. The minimum absolute atomic E-state index is 0.972. The highest BCUT2D eigenvalue weighted by atomic mass is 16.3. The van der Waals surface area contributed by atoms with Crippen molar-refractivity contribution < 1.29 is 4.42 Å². The van der Waals surface area contributed by atoms with Gasteiger partial charge in [-0.2, -0.15) is 0 Å². The Morgan fingerprint density at radius 3 is 2.55 bits per heavy atom. The van der Waals surface area contributed by atoms with Gasteiger partial charge in [-0.3, -0.25) is 0 Å². The van der Waals surface area contributed by atoms with Gasteiger partial charge in [0.1, 0.15) is 11.2 Å². The molecule has 0 fully saturated rings. The number of furan rings is 1. The van der Waals surface area contributed by atoms with Crippen molar-refractivity contribution in [3.05, 3.63) is 71.8 Å². The summed E-state index contributed by atoms with van der Waals surface area (Å²) in [5.74, 6) is 0. The molecule has 20 heavy (non-hydrogen) atoms. The normalized spacial score (nSPS) is 12.8. The Morgan fingerprint density at radius 2 is 1.55 bits per heavy atom. The third-order valence-corrected chi connectivity index (χ3v) is 4.30. The lowest BCUT2D eigenvalue weighted by molar-refractivity contribution is 0.670. The molecule has 0 bridgehead atoms. The summed E-state index contributed by atoms with van der Waals surface area (Å²) in [5, 5.41) is 2.42. The van der Waals surface area contributed by atoms with Crippen molar-refractivity contribution in [3.63, 3.8) is 0 Å². The average molecular weight is 256 g/mol. The Morgan fingerprint density at radius 1 is 0.700 bits per heavy atom. The fourth-order valence-corrected chi connectivity index (χ4v) is 3.40. The van der Waals surface area contributed by atoms with E-state index in [2.05, 4.69) is 48.5 Å². The first-order valence-corrected chi connectivity index (χ1v) is 6.93. The number of benzene rings is 3. The number of hydrogen-bond donors (Lipinski definition) is 0. The molecule has 0 unspecified atom stereocenters. The summed E-state index contributed by atoms with van der Waals surface area (Å²) in [7, 11) is 0. The third kappa shape index (κ3) is 1.17. The van der Waals surface area contributed by atoms with Crippen LogP contribution in [-0.2, 0) is 6.42 Å². The highest BCUT2D eigenvalue weighted by molar-refractivity contribution is 6.11. The molecular formula is C19H12O. The lowest BCUT2D eigenvalue weighted by Gasteiger charge is -2.01. The van der Waals surface area contributed by atoms with E-state index in [4.69, 9.17) is 4.42 Å². The molecular weight excluding hydrogens is 244 g/mol. The summed E-state index contributed by atoms with van der Waals surface area (Å²) in [4.78, 5) is 0. The van der Waals surface area contributed by atoms with Gasteiger partial charge in [-0.05, 0) is 29.2 Å². The minimum Gasteiger partial charge on any atom is -0.455 e. The summed E-state index contributed by atoms with van der Waals surface area (Å²) in [6, 6.07) is 21.4. The van der Waals surface area contributed by atoms with Crippen molar-refractivity contribution in [1.82, 2.24) is 0 Å². The topological polar surface area (TPSA) is 13.1 Å². The third-order valence-electron chi connectivity index (χ3n) is 4.30. The molecule has 0 amide bonds. The van der Waals surface area contributed by atoms with Crippen LogP contribution in [0.2, 0.25) is 0 Å². The summed E-state index contributed by atoms with van der Waals surface area (Å²) in [6.07, 6.45) is 1.01. The van der Waals surface area contributed by atoms with Crippen LogP contribution in [0.1, 0.15) is 11.1 Å². The summed E-state index contributed by atoms with van der Waals surface area (Å²) in [5.41, 5.74) is 7.39. The maximum Gasteiger partial charge on any atom is 0.143 e. The van der Waals surface area contributed by atoms with Crippen LogP contribution < -0.4 is 0 Å². The number of hydrogen-bond acceptors (Lipinski definition) is 1. The molecule has 5 rings (SSSR count). The first-order chi connectivity index (χ1) is 9.92. The van der Waals surface area contributed by atoms with E-state index in [0.717, 1.165) is 17.6 Å². The van der Waals surface area contributed by atoms with E-state index in [9.17, 15) is 0 Å². The molecule has 0 spiro atoms. The van der Waals surface area contributed by atoms with E-state index in [1.54, 1.807) is 0 Å². The fourth-order valence-electron chi connectivity index (χ4n) is 3.40. The molecule has 3 aromatic carbocycles. The van der Waals surface area contributed by atoms with Crippen molar-refractivity contribution in [2.75, 3.05) is 0 Å². The predicted molar refractivity (Wildman–Crippen MR) is 82.0 cm³/mol. The maximum absolute atomic E-state index is 6.15. The Kier molecular flexibility index (Phi) is 1.80. The Balaban J connectivity index is 1.99. The van der Waals surface area contributed by atoms with Crippen LogP contribution in [0.3, 0.4) is 0 Å². The van der Waals surface area contributed by atoms with Crippen LogP contribution >= 0.6 is 0 Å². The van der Waals surface area contributed by atoms with E-state index < -0.39 is 0 Å². The monoisotopic (exact) mass is 256 g/mol. The average Bonchev–Trinajstić information content (AvgIpc) is 3.04. The molecule has 94 valence electrons. The molecule has 1 heterocycles. The number of rotatable bonds is 0. The van der Waals surface area contributed by atoms with Crippen molar-refractivity contribution in [3.8, 4) is 11.1 Å². The van der Waals surface area contributed by atoms with Crippen molar-refractivity contribution in [2.45, 2.75) is 6.42 Å². The standard InChI is InChI=1S/C19H12O/c1-2-6-14-12(5-1)11-13-9-10-16-15-7-3-4-8-17(15)20-19(16)18(13)14/h1-10H,11H2. The summed E-state index contributed by atoms with van der Waals surface area (Å²) < 4.78 is 6.15. The van der Waals surface area contributed by atoms with E-state index >= 15 is 0 Å². The molecule has 0 saturated carbocycles. The molecule has 0 aliphatic heterocycles. The molecule has 0 saturated heterocycles. The Labute approximate surface area is 116 Å². The van der Waals surface area contributed by atoms with Crippen molar-refractivity contribution in [1.29, 1.82) is 0 Å². The first-order valence-electron chi connectivity index (χ1n) is 6.93. The largest absolute Gasteiger partial charge is 0.455 e. The molecule has 0 atom stereocenters. The highest BCUT2D eigenvalue weighted by Crippen LogP contribution is 2.43. The molecule has 1 aliphatic rings. The van der Waals surface area contributed by atoms with E-state index in [1.165, 1.54) is 33.0 Å². The van der Waals surface area contributed by atoms with Gasteiger partial charge >= 0.3 is 0 Å². The first kappa shape index (κ1) is 10.3. The van der Waals surface area contributed by atoms with Gasteiger partial charge in [0.05, 0.1) is 0 Å². The number of fused-ring (bicyclic) bond motifs is 7. The quantitative estimate of drug-likeness (QED) is 0.373. The molecule has 1 nitrogen and oxygen atoms in total. The van der Waals surface area contributed by atoms with Gasteiger partial charge < -0.3 is 4.42 Å². The summed E-state index contributed by atoms with van der Waals surface area (Å²) in [6.45, 7) is 0. The van der Waals surface area contributed by atoms with E-state index in [-0.39, 0.29) is 0 Å². The molecule has 1 aromatic heterocycles. The van der Waals surface area contributed by atoms with Crippen LogP contribution in [-0.4, -0.2) is 0 Å². The van der Waals surface area contributed by atoms with Crippen LogP contribution in [0.25, 0.3) is 33.1 Å². The highest BCUT2D eigenvalue weighted by Gasteiger charge is 2.23. The van der Waals surface area contributed by atoms with Crippen LogP contribution in [0.4, 0.5) is 0 Å². The van der Waals surface area contributed by atoms with Gasteiger partial charge in [-0.1, -0.05) is 54.6 Å². The SMILES string of the molecule is c1ccc2c(c1)Cc1ccc3c(oc4ccccc43)c1-2. The van der Waals surface area contributed by atoms with Crippen LogP contribution in [0, 0.1) is 0 Å². The second-order valence-electron chi connectivity index (χ2n) is 5.41. The fraction of sp³-hybridized carbons (Fsp3) is 0.0526. The predicted octanol–water partition coefficient (Wildman–Crippen LogP) is 5.16. The van der Waals surface area contributed by atoms with Crippen LogP contribution in [0.5, 0.6) is 0 Å². The maximum atomic E-state index is 6.15. The van der Waals surface area contributed by atoms with Crippen LogP contribution in [0.15, 0.2) is 65.1 Å². The van der Waals surface area contributed by atoms with Gasteiger partial charge in [0, 0.05) is 16.3 Å². The molecule has 4 aromatic rings. The molecule has 0 radical (unpaired) electrons. The van der Waals surface area contributed by atoms with Crippen molar-refractivity contribution >= 4 is 21.9 Å². The zero-order valence-electron chi connectivity index (χ0n) is 10.9. The molecule has 1 heteroatoms. The zero-order valence-corrected chi connectivity index (χ0v) is 10.9. The van der Waals surface area contributed by atoms with E-state index in [1.807, 2.05) is 12.1 Å². The van der Waals surface area contributed by atoms with Gasteiger partial charge in [0.15, 0.2) is 0 Å². The lowest BCUT2D eigenvalue weighted by Crippen LogP contribution is -1.79. The van der Waals surface area contributed by atoms with Gasteiger partial charge in [-0.25, -0.2) is 0 Å². The van der Waals surface area contributed by atoms with Gasteiger partial charge in [-0.15, -0.1) is 0 Å². The van der Waals surface area contributed by atoms with E-state index in [0.29, 0.717) is 0 Å². The Hall–Kier alpha value is -2.54. The second-order valence-corrected chi connectivity index (χ2v) is 5.41. The summed E-state index contributed by atoms with van der Waals surface area (Å²) >= 11 is 0. The number of para-hydroxylation sites is 1. The molecule has 1 aliphatic carbocycles. The van der Waals surface area contributed by atoms with Gasteiger partial charge in [0.25, 0.3) is 0 Å². The van der Waals surface area contributed by atoms with Crippen molar-refractivity contribution in [2.24, 2.45) is 0 Å². The molecule has 0 N–H and O–H groups in total. The minimum atomic E-state index is 0.972. The second kappa shape index (κ2) is 3.51. The Bertz CT molecular complexity index is 976. The smallest absolute Gasteiger partial charge is 0.143 e. The lowest BCUT2D eigenvalue weighted by atomic mass is 10.0. The van der Waals surface area contributed by atoms with Gasteiger partial charge in [0.2, 0.25) is 0 Å².